The average molecular weight is 620 g/mol. The molecule has 0 amide bonds. The largest absolute Gasteiger partial charge is 0.309 e. The molecule has 0 bridgehead atoms. The van der Waals surface area contributed by atoms with E-state index in [2.05, 4.69) is 158 Å². The fraction of sp³-hybridized carbons (Fsp3) is 0.0698. The predicted octanol–water partition coefficient (Wildman–Crippen LogP) is 11.6. The number of fused-ring (bicyclic) bond motifs is 10. The highest BCUT2D eigenvalue weighted by molar-refractivity contribution is 7.25. The van der Waals surface area contributed by atoms with Crippen LogP contribution in [0, 0.1) is 0 Å². The third kappa shape index (κ3) is 3.73. The molecule has 10 rings (SSSR count). The van der Waals surface area contributed by atoms with E-state index in [0.29, 0.717) is 0 Å². The predicted molar refractivity (Wildman–Crippen MR) is 198 cm³/mol. The van der Waals surface area contributed by atoms with Gasteiger partial charge in [-0.15, -0.1) is 11.3 Å². The lowest BCUT2D eigenvalue weighted by Gasteiger charge is -2.21. The summed E-state index contributed by atoms with van der Waals surface area (Å²) in [4.78, 5) is 11.5. The zero-order chi connectivity index (χ0) is 31.3. The second-order valence-corrected chi connectivity index (χ2v) is 14.0. The Kier molecular flexibility index (Phi) is 5.50. The summed E-state index contributed by atoms with van der Waals surface area (Å²) in [6.45, 7) is 4.70. The molecule has 3 heterocycles. The molecule has 0 radical (unpaired) electrons. The molecule has 0 aliphatic heterocycles. The van der Waals surface area contributed by atoms with Gasteiger partial charge in [-0.3, -0.25) is 0 Å². The van der Waals surface area contributed by atoms with Crippen LogP contribution in [0.3, 0.4) is 0 Å². The quantitative estimate of drug-likeness (QED) is 0.197. The maximum absolute atomic E-state index is 5.30. The first-order chi connectivity index (χ1) is 23.1. The molecule has 6 aromatic carbocycles. The highest BCUT2D eigenvalue weighted by atomic mass is 32.1. The summed E-state index contributed by atoms with van der Waals surface area (Å²) in [5, 5.41) is 4.85. The van der Waals surface area contributed by atoms with Gasteiger partial charge in [0.2, 0.25) is 0 Å². The van der Waals surface area contributed by atoms with Gasteiger partial charge in [0, 0.05) is 54.0 Å². The Balaban J connectivity index is 1.25. The summed E-state index contributed by atoms with van der Waals surface area (Å²) < 4.78 is 3.68. The number of nitrogens with zero attached hydrogens (tertiary/aromatic N) is 3. The Morgan fingerprint density at radius 2 is 1.34 bits per heavy atom. The van der Waals surface area contributed by atoms with Crippen LogP contribution in [0.1, 0.15) is 25.0 Å². The van der Waals surface area contributed by atoms with Crippen LogP contribution >= 0.6 is 11.3 Å². The van der Waals surface area contributed by atoms with Gasteiger partial charge in [0.15, 0.2) is 5.82 Å². The molecule has 0 fully saturated rings. The molecule has 9 aromatic rings. The Morgan fingerprint density at radius 3 is 2.23 bits per heavy atom. The molecule has 0 saturated carbocycles. The Hall–Kier alpha value is -5.58. The third-order valence-electron chi connectivity index (χ3n) is 10.0. The van der Waals surface area contributed by atoms with Gasteiger partial charge in [0.1, 0.15) is 4.83 Å². The van der Waals surface area contributed by atoms with E-state index < -0.39 is 0 Å². The minimum atomic E-state index is -0.0788. The average Bonchev–Trinajstić information content (AvgIpc) is 3.74. The zero-order valence-corrected chi connectivity index (χ0v) is 26.8. The highest BCUT2D eigenvalue weighted by Crippen LogP contribution is 2.53. The topological polar surface area (TPSA) is 30.7 Å². The molecule has 0 spiro atoms. The third-order valence-corrected chi connectivity index (χ3v) is 11.1. The van der Waals surface area contributed by atoms with Gasteiger partial charge in [-0.25, -0.2) is 9.97 Å². The van der Waals surface area contributed by atoms with Crippen molar-refractivity contribution in [2.24, 2.45) is 0 Å². The molecule has 3 nitrogen and oxygen atoms in total. The van der Waals surface area contributed by atoms with Gasteiger partial charge in [0.05, 0.1) is 16.7 Å². The van der Waals surface area contributed by atoms with E-state index in [9.17, 15) is 0 Å². The van der Waals surface area contributed by atoms with Crippen LogP contribution in [-0.4, -0.2) is 14.5 Å². The van der Waals surface area contributed by atoms with E-state index in [1.165, 1.54) is 54.1 Å². The first-order valence-corrected chi connectivity index (χ1v) is 16.9. The lowest BCUT2D eigenvalue weighted by Crippen LogP contribution is -2.14. The lowest BCUT2D eigenvalue weighted by molar-refractivity contribution is 0.661. The number of hydrogen-bond acceptors (Lipinski definition) is 3. The number of benzene rings is 6. The Labute approximate surface area is 276 Å². The van der Waals surface area contributed by atoms with Crippen LogP contribution in [0.2, 0.25) is 0 Å². The van der Waals surface area contributed by atoms with Crippen LogP contribution in [0.4, 0.5) is 0 Å². The van der Waals surface area contributed by atoms with E-state index in [-0.39, 0.29) is 5.41 Å². The van der Waals surface area contributed by atoms with Gasteiger partial charge < -0.3 is 4.57 Å². The number of rotatable bonds is 3. The molecule has 222 valence electrons. The van der Waals surface area contributed by atoms with Crippen molar-refractivity contribution in [3.05, 3.63) is 151 Å². The minimum absolute atomic E-state index is 0.0788. The summed E-state index contributed by atoms with van der Waals surface area (Å²) in [5.41, 5.74) is 12.0. The fourth-order valence-electron chi connectivity index (χ4n) is 7.85. The van der Waals surface area contributed by atoms with Crippen molar-refractivity contribution >= 4 is 53.4 Å². The van der Waals surface area contributed by atoms with E-state index >= 15 is 0 Å². The molecule has 0 saturated heterocycles. The highest BCUT2D eigenvalue weighted by Gasteiger charge is 2.37. The molecule has 1 aliphatic rings. The number of para-hydroxylation sites is 1. The van der Waals surface area contributed by atoms with Crippen molar-refractivity contribution in [2.75, 3.05) is 0 Å². The monoisotopic (exact) mass is 619 g/mol. The number of aromatic nitrogens is 3. The van der Waals surface area contributed by atoms with E-state index in [1.54, 1.807) is 11.3 Å². The molecular formula is C43H29N3S. The maximum Gasteiger partial charge on any atom is 0.161 e. The normalized spacial score (nSPS) is 13.5. The smallest absolute Gasteiger partial charge is 0.161 e. The summed E-state index contributed by atoms with van der Waals surface area (Å²) >= 11 is 1.74. The van der Waals surface area contributed by atoms with Gasteiger partial charge >= 0.3 is 0 Å². The lowest BCUT2D eigenvalue weighted by atomic mass is 9.82. The second kappa shape index (κ2) is 9.71. The fourth-order valence-corrected chi connectivity index (χ4v) is 8.93. The van der Waals surface area contributed by atoms with Crippen molar-refractivity contribution in [3.8, 4) is 39.5 Å². The number of thiophene rings is 1. The zero-order valence-electron chi connectivity index (χ0n) is 26.0. The van der Waals surface area contributed by atoms with Crippen LogP contribution in [0.25, 0.3) is 81.6 Å². The van der Waals surface area contributed by atoms with Gasteiger partial charge in [0.25, 0.3) is 0 Å². The molecule has 4 heteroatoms. The summed E-state index contributed by atoms with van der Waals surface area (Å²) in [5.74, 6) is 0.738. The Bertz CT molecular complexity index is 2710. The number of hydrogen-bond donors (Lipinski definition) is 0. The minimum Gasteiger partial charge on any atom is -0.309 e. The maximum atomic E-state index is 5.30. The summed E-state index contributed by atoms with van der Waals surface area (Å²) in [6, 6.07) is 50.2. The standard InChI is InChI=1S/C43H29N3S/c1-43(2)33-20-9-6-18-31(33)37-34(43)24-23-30-29-17-7-10-21-35(29)46(40(30)37)28-16-12-15-27(25-28)41-44-39(26-13-4-3-5-14-26)38-32-19-8-11-22-36(32)47-42(38)45-41/h3-25H,1-2H3. The van der Waals surface area contributed by atoms with Crippen molar-refractivity contribution in [1.29, 1.82) is 0 Å². The van der Waals surface area contributed by atoms with Crippen molar-refractivity contribution in [1.82, 2.24) is 14.5 Å². The van der Waals surface area contributed by atoms with E-state index in [0.717, 1.165) is 38.5 Å². The second-order valence-electron chi connectivity index (χ2n) is 13.0. The van der Waals surface area contributed by atoms with Gasteiger partial charge in [-0.2, -0.15) is 0 Å². The molecule has 47 heavy (non-hydrogen) atoms. The molecule has 1 aliphatic carbocycles. The van der Waals surface area contributed by atoms with Crippen LogP contribution < -0.4 is 0 Å². The van der Waals surface area contributed by atoms with E-state index in [1.807, 2.05) is 0 Å². The van der Waals surface area contributed by atoms with Crippen LogP contribution in [0.15, 0.2) is 140 Å². The molecular weight excluding hydrogens is 591 g/mol. The van der Waals surface area contributed by atoms with E-state index in [4.69, 9.17) is 9.97 Å². The SMILES string of the molecule is CC1(C)c2ccccc2-c2c1ccc1c3ccccc3n(-c3cccc(-c4nc(-c5ccccc5)c5c(n4)sc4ccccc45)c3)c21. The van der Waals surface area contributed by atoms with Crippen molar-refractivity contribution < 1.29 is 0 Å². The first-order valence-electron chi connectivity index (χ1n) is 16.1. The summed E-state index contributed by atoms with van der Waals surface area (Å²) in [6.07, 6.45) is 0. The van der Waals surface area contributed by atoms with Gasteiger partial charge in [-0.05, 0) is 41.0 Å². The first kappa shape index (κ1) is 26.6. The van der Waals surface area contributed by atoms with Crippen LogP contribution in [0.5, 0.6) is 0 Å². The Morgan fingerprint density at radius 1 is 0.596 bits per heavy atom. The van der Waals surface area contributed by atoms with Crippen molar-refractivity contribution in [2.45, 2.75) is 19.3 Å². The molecule has 0 atom stereocenters. The molecule has 0 N–H and O–H groups in total. The molecule has 3 aromatic heterocycles. The molecule has 0 unspecified atom stereocenters. The van der Waals surface area contributed by atoms with Gasteiger partial charge in [-0.1, -0.05) is 129 Å². The van der Waals surface area contributed by atoms with Crippen LogP contribution in [-0.2, 0) is 5.41 Å². The van der Waals surface area contributed by atoms with Crippen molar-refractivity contribution in [3.63, 3.8) is 0 Å². The summed E-state index contributed by atoms with van der Waals surface area (Å²) in [7, 11) is 0.